The number of nitrogens with zero attached hydrogens (tertiary/aromatic N) is 1. The zero-order valence-electron chi connectivity index (χ0n) is 15.5. The molecule has 0 bridgehead atoms. The Labute approximate surface area is 149 Å². The van der Waals surface area contributed by atoms with Gasteiger partial charge in [-0.25, -0.2) is 0 Å². The molecule has 1 heterocycles. The van der Waals surface area contributed by atoms with Crippen molar-refractivity contribution in [2.45, 2.75) is 77.8 Å². The molecule has 2 fully saturated rings. The smallest absolute Gasteiger partial charge is 0.223 e. The lowest BCUT2D eigenvalue weighted by Gasteiger charge is -2.30. The van der Waals surface area contributed by atoms with Crippen molar-refractivity contribution in [2.75, 3.05) is 0 Å². The zero-order chi connectivity index (χ0) is 18.0. The van der Waals surface area contributed by atoms with Crippen LogP contribution in [0.2, 0.25) is 0 Å². The average Bonchev–Trinajstić information content (AvgIpc) is 3.35. The number of rotatable bonds is 6. The average molecular weight is 346 g/mol. The van der Waals surface area contributed by atoms with E-state index in [9.17, 15) is 9.59 Å². The van der Waals surface area contributed by atoms with Crippen LogP contribution in [0, 0.1) is 25.7 Å². The van der Waals surface area contributed by atoms with Gasteiger partial charge in [-0.2, -0.15) is 5.10 Å². The Morgan fingerprint density at radius 1 is 1.16 bits per heavy atom. The van der Waals surface area contributed by atoms with Crippen LogP contribution in [0.3, 0.4) is 0 Å². The Hall–Kier alpha value is -1.85. The fourth-order valence-corrected chi connectivity index (χ4v) is 3.72. The Balaban J connectivity index is 1.50. The predicted molar refractivity (Wildman–Crippen MR) is 96.0 cm³/mol. The van der Waals surface area contributed by atoms with Crippen LogP contribution in [0.25, 0.3) is 0 Å². The summed E-state index contributed by atoms with van der Waals surface area (Å²) in [6.45, 7) is 5.92. The van der Waals surface area contributed by atoms with Crippen LogP contribution in [-0.4, -0.2) is 34.1 Å². The first-order chi connectivity index (χ1) is 11.9. The van der Waals surface area contributed by atoms with Gasteiger partial charge in [-0.15, -0.1) is 0 Å². The van der Waals surface area contributed by atoms with Crippen molar-refractivity contribution in [3.8, 4) is 0 Å². The SMILES string of the molecule is Cc1n[nH]c(C)c1CC(C)C(=O)NC1CCCC(C(=O)NC2CC2)C1. The van der Waals surface area contributed by atoms with Crippen molar-refractivity contribution >= 4 is 11.8 Å². The quantitative estimate of drug-likeness (QED) is 0.738. The van der Waals surface area contributed by atoms with Gasteiger partial charge in [-0.3, -0.25) is 14.7 Å². The van der Waals surface area contributed by atoms with E-state index < -0.39 is 0 Å². The van der Waals surface area contributed by atoms with Crippen molar-refractivity contribution in [3.63, 3.8) is 0 Å². The topological polar surface area (TPSA) is 86.9 Å². The summed E-state index contributed by atoms with van der Waals surface area (Å²) in [6, 6.07) is 0.522. The van der Waals surface area contributed by atoms with E-state index in [4.69, 9.17) is 0 Å². The highest BCUT2D eigenvalue weighted by Gasteiger charge is 2.32. The van der Waals surface area contributed by atoms with Crippen LogP contribution in [0.5, 0.6) is 0 Å². The Morgan fingerprint density at radius 3 is 2.56 bits per heavy atom. The van der Waals surface area contributed by atoms with Gasteiger partial charge >= 0.3 is 0 Å². The largest absolute Gasteiger partial charge is 0.353 e. The molecule has 1 aromatic rings. The van der Waals surface area contributed by atoms with E-state index in [2.05, 4.69) is 20.8 Å². The fourth-order valence-electron chi connectivity index (χ4n) is 3.72. The molecule has 0 radical (unpaired) electrons. The van der Waals surface area contributed by atoms with E-state index in [1.165, 1.54) is 0 Å². The number of hydrogen-bond donors (Lipinski definition) is 3. The summed E-state index contributed by atoms with van der Waals surface area (Å²) in [7, 11) is 0. The third kappa shape index (κ3) is 4.61. The second kappa shape index (κ2) is 7.58. The van der Waals surface area contributed by atoms with Crippen LogP contribution in [0.4, 0.5) is 0 Å². The molecule has 25 heavy (non-hydrogen) atoms. The maximum absolute atomic E-state index is 12.6. The lowest BCUT2D eigenvalue weighted by molar-refractivity contribution is -0.129. The predicted octanol–water partition coefficient (Wildman–Crippen LogP) is 2.16. The summed E-state index contributed by atoms with van der Waals surface area (Å²) in [6.07, 6.45) is 6.59. The van der Waals surface area contributed by atoms with Crippen LogP contribution >= 0.6 is 0 Å². The highest BCUT2D eigenvalue weighted by molar-refractivity contribution is 5.80. The number of aromatic nitrogens is 2. The Bertz CT molecular complexity index is 616. The van der Waals surface area contributed by atoms with E-state index >= 15 is 0 Å². The van der Waals surface area contributed by atoms with E-state index in [0.717, 1.165) is 55.5 Å². The lowest BCUT2D eigenvalue weighted by atomic mass is 9.84. The molecule has 0 saturated heterocycles. The van der Waals surface area contributed by atoms with Crippen molar-refractivity contribution in [3.05, 3.63) is 17.0 Å². The molecule has 1 aromatic heterocycles. The molecular formula is C19H30N4O2. The molecule has 3 atom stereocenters. The zero-order valence-corrected chi connectivity index (χ0v) is 15.5. The molecule has 2 amide bonds. The van der Waals surface area contributed by atoms with Crippen molar-refractivity contribution in [1.82, 2.24) is 20.8 Å². The molecule has 6 heteroatoms. The summed E-state index contributed by atoms with van der Waals surface area (Å²) >= 11 is 0. The van der Waals surface area contributed by atoms with Crippen LogP contribution in [0.15, 0.2) is 0 Å². The molecule has 138 valence electrons. The molecule has 2 saturated carbocycles. The second-order valence-corrected chi connectivity index (χ2v) is 7.87. The first-order valence-corrected chi connectivity index (χ1v) is 9.55. The van der Waals surface area contributed by atoms with E-state index in [0.29, 0.717) is 12.5 Å². The van der Waals surface area contributed by atoms with E-state index in [1.807, 2.05) is 20.8 Å². The summed E-state index contributed by atoms with van der Waals surface area (Å²) in [5.74, 6) is 0.205. The molecule has 2 aliphatic rings. The van der Waals surface area contributed by atoms with Gasteiger partial charge in [-0.1, -0.05) is 13.3 Å². The van der Waals surface area contributed by atoms with Crippen molar-refractivity contribution in [1.29, 1.82) is 0 Å². The van der Waals surface area contributed by atoms with Gasteiger partial charge in [0.2, 0.25) is 11.8 Å². The molecule has 3 rings (SSSR count). The fraction of sp³-hybridized carbons (Fsp3) is 0.737. The van der Waals surface area contributed by atoms with Gasteiger partial charge in [0.15, 0.2) is 0 Å². The maximum atomic E-state index is 12.6. The molecule has 2 aliphatic carbocycles. The molecule has 0 aromatic carbocycles. The molecule has 6 nitrogen and oxygen atoms in total. The number of amides is 2. The highest BCUT2D eigenvalue weighted by Crippen LogP contribution is 2.27. The number of carbonyl (C=O) groups is 2. The monoisotopic (exact) mass is 346 g/mol. The minimum absolute atomic E-state index is 0.0494. The number of aryl methyl sites for hydroxylation is 2. The van der Waals surface area contributed by atoms with Gasteiger partial charge in [0.05, 0.1) is 5.69 Å². The van der Waals surface area contributed by atoms with Gasteiger partial charge in [0.25, 0.3) is 0 Å². The van der Waals surface area contributed by atoms with E-state index in [1.54, 1.807) is 0 Å². The number of aromatic amines is 1. The lowest BCUT2D eigenvalue weighted by Crippen LogP contribution is -2.44. The van der Waals surface area contributed by atoms with Gasteiger partial charge in [0.1, 0.15) is 0 Å². The number of hydrogen-bond acceptors (Lipinski definition) is 3. The van der Waals surface area contributed by atoms with Gasteiger partial charge in [-0.05, 0) is 57.9 Å². The van der Waals surface area contributed by atoms with Gasteiger partial charge in [0, 0.05) is 29.6 Å². The Kier molecular flexibility index (Phi) is 5.45. The number of H-pyrrole nitrogens is 1. The first-order valence-electron chi connectivity index (χ1n) is 9.55. The maximum Gasteiger partial charge on any atom is 0.223 e. The first kappa shape index (κ1) is 18.0. The highest BCUT2D eigenvalue weighted by atomic mass is 16.2. The minimum Gasteiger partial charge on any atom is -0.353 e. The Morgan fingerprint density at radius 2 is 1.92 bits per heavy atom. The molecule has 3 N–H and O–H groups in total. The second-order valence-electron chi connectivity index (χ2n) is 7.87. The third-order valence-electron chi connectivity index (χ3n) is 5.55. The van der Waals surface area contributed by atoms with Crippen LogP contribution < -0.4 is 10.6 Å². The summed E-state index contributed by atoms with van der Waals surface area (Å²) in [5, 5.41) is 13.5. The minimum atomic E-state index is -0.101. The summed E-state index contributed by atoms with van der Waals surface area (Å²) < 4.78 is 0. The van der Waals surface area contributed by atoms with Crippen molar-refractivity contribution < 1.29 is 9.59 Å². The third-order valence-corrected chi connectivity index (χ3v) is 5.55. The van der Waals surface area contributed by atoms with E-state index in [-0.39, 0.29) is 29.7 Å². The van der Waals surface area contributed by atoms with Crippen molar-refractivity contribution in [2.24, 2.45) is 11.8 Å². The van der Waals surface area contributed by atoms with Crippen LogP contribution in [-0.2, 0) is 16.0 Å². The number of nitrogens with one attached hydrogen (secondary N) is 3. The summed E-state index contributed by atoms with van der Waals surface area (Å²) in [4.78, 5) is 24.8. The molecule has 3 unspecified atom stereocenters. The molecular weight excluding hydrogens is 316 g/mol. The van der Waals surface area contributed by atoms with Crippen LogP contribution in [0.1, 0.15) is 62.4 Å². The molecule has 0 aliphatic heterocycles. The standard InChI is InChI=1S/C19H30N4O2/c1-11(9-17-12(2)22-23-13(17)3)18(24)21-16-6-4-5-14(10-16)19(25)20-15-7-8-15/h11,14-16H,4-10H2,1-3H3,(H,20,25)(H,21,24)(H,22,23). The van der Waals surface area contributed by atoms with Gasteiger partial charge < -0.3 is 10.6 Å². The summed E-state index contributed by atoms with van der Waals surface area (Å²) in [5.41, 5.74) is 3.13. The molecule has 0 spiro atoms. The number of carbonyl (C=O) groups excluding carboxylic acids is 2. The normalized spacial score (nSPS) is 24.6.